The molecule has 0 aliphatic carbocycles. The summed E-state index contributed by atoms with van der Waals surface area (Å²) < 4.78 is 11.0. The molecule has 28 heavy (non-hydrogen) atoms. The van der Waals surface area contributed by atoms with Gasteiger partial charge in [0.25, 0.3) is 0 Å². The second-order valence-electron chi connectivity index (χ2n) is 5.89. The van der Waals surface area contributed by atoms with Crippen LogP contribution in [-0.4, -0.2) is 30.7 Å². The first-order valence-electron chi connectivity index (χ1n) is 8.28. The van der Waals surface area contributed by atoms with Gasteiger partial charge in [-0.1, -0.05) is 24.3 Å². The fourth-order valence-corrected chi connectivity index (χ4v) is 2.85. The predicted octanol–water partition coefficient (Wildman–Crippen LogP) is 3.17. The molecule has 0 fully saturated rings. The van der Waals surface area contributed by atoms with E-state index in [2.05, 4.69) is 0 Å². The molecule has 2 N–H and O–H groups in total. The van der Waals surface area contributed by atoms with Gasteiger partial charge >= 0.3 is 11.9 Å². The van der Waals surface area contributed by atoms with Crippen LogP contribution in [0.3, 0.4) is 0 Å². The molecule has 0 aliphatic heterocycles. The van der Waals surface area contributed by atoms with Gasteiger partial charge in [0.15, 0.2) is 5.69 Å². The van der Waals surface area contributed by atoms with Crippen molar-refractivity contribution in [3.63, 3.8) is 0 Å². The first-order valence-corrected chi connectivity index (χ1v) is 8.28. The molecule has 3 rings (SSSR count). The van der Waals surface area contributed by atoms with Gasteiger partial charge in [-0.05, 0) is 35.4 Å². The summed E-state index contributed by atoms with van der Waals surface area (Å²) in [5, 5.41) is 9.20. The lowest BCUT2D eigenvalue weighted by Crippen LogP contribution is -2.11. The van der Waals surface area contributed by atoms with Crippen LogP contribution < -0.4 is 5.73 Å². The number of nitriles is 1. The molecule has 1 aromatic heterocycles. The molecule has 0 spiro atoms. The van der Waals surface area contributed by atoms with Gasteiger partial charge < -0.3 is 19.8 Å². The fourth-order valence-electron chi connectivity index (χ4n) is 2.85. The first kappa shape index (κ1) is 18.7. The van der Waals surface area contributed by atoms with Gasteiger partial charge in [-0.15, -0.1) is 0 Å². The standard InChI is InChI=1S/C21H17N3O4/c1-27-20(25)15-5-3-13(4-6-15)14-7-9-17(10-8-14)24-12-16(11-22)18(23)19(24)21(26)28-2/h3-10,12H,23H2,1-2H3. The van der Waals surface area contributed by atoms with Gasteiger partial charge in [-0.3, -0.25) is 0 Å². The van der Waals surface area contributed by atoms with E-state index in [1.165, 1.54) is 25.0 Å². The van der Waals surface area contributed by atoms with Crippen LogP contribution in [0.25, 0.3) is 16.8 Å². The third-order valence-electron chi connectivity index (χ3n) is 4.33. The number of hydrogen-bond acceptors (Lipinski definition) is 6. The van der Waals surface area contributed by atoms with Crippen LogP contribution in [0, 0.1) is 11.3 Å². The number of esters is 2. The average Bonchev–Trinajstić information content (AvgIpc) is 3.09. The number of nitrogen functional groups attached to an aromatic ring is 1. The molecule has 7 nitrogen and oxygen atoms in total. The molecule has 0 unspecified atom stereocenters. The van der Waals surface area contributed by atoms with Crippen molar-refractivity contribution in [1.29, 1.82) is 5.26 Å². The number of hydrogen-bond donors (Lipinski definition) is 1. The number of nitrogens with zero attached hydrogens (tertiary/aromatic N) is 2. The molecule has 140 valence electrons. The van der Waals surface area contributed by atoms with Crippen molar-refractivity contribution >= 4 is 17.6 Å². The van der Waals surface area contributed by atoms with Crippen LogP contribution in [0.15, 0.2) is 54.7 Å². The summed E-state index contributed by atoms with van der Waals surface area (Å²) in [5.41, 5.74) is 9.26. The number of anilines is 1. The maximum atomic E-state index is 12.1. The first-order chi connectivity index (χ1) is 13.5. The molecule has 2 aromatic carbocycles. The van der Waals surface area contributed by atoms with E-state index in [4.69, 9.17) is 15.2 Å². The van der Waals surface area contributed by atoms with Crippen molar-refractivity contribution in [3.8, 4) is 22.9 Å². The molecule has 0 aliphatic rings. The number of carbonyl (C=O) groups excluding carboxylic acids is 2. The van der Waals surface area contributed by atoms with E-state index in [9.17, 15) is 14.9 Å². The van der Waals surface area contributed by atoms with E-state index in [0.717, 1.165) is 11.1 Å². The number of carbonyl (C=O) groups is 2. The molecule has 0 amide bonds. The van der Waals surface area contributed by atoms with Gasteiger partial charge in [0.2, 0.25) is 0 Å². The number of benzene rings is 2. The van der Waals surface area contributed by atoms with Crippen LogP contribution in [-0.2, 0) is 9.47 Å². The summed E-state index contributed by atoms with van der Waals surface area (Å²) in [4.78, 5) is 23.6. The Morgan fingerprint density at radius 1 is 0.929 bits per heavy atom. The molecule has 7 heteroatoms. The summed E-state index contributed by atoms with van der Waals surface area (Å²) in [6.07, 6.45) is 1.50. The zero-order chi connectivity index (χ0) is 20.3. The van der Waals surface area contributed by atoms with Crippen LogP contribution >= 0.6 is 0 Å². The molecular weight excluding hydrogens is 358 g/mol. The summed E-state index contributed by atoms with van der Waals surface area (Å²) >= 11 is 0. The van der Waals surface area contributed by atoms with Crippen molar-refractivity contribution in [3.05, 3.63) is 71.5 Å². The molecule has 0 bridgehead atoms. The Morgan fingerprint density at radius 2 is 1.46 bits per heavy atom. The third-order valence-corrected chi connectivity index (χ3v) is 4.33. The Hall–Kier alpha value is -4.05. The minimum Gasteiger partial charge on any atom is -0.465 e. The summed E-state index contributed by atoms with van der Waals surface area (Å²) in [7, 11) is 2.59. The summed E-state index contributed by atoms with van der Waals surface area (Å²) in [6, 6.07) is 16.3. The van der Waals surface area contributed by atoms with Gasteiger partial charge in [0.05, 0.1) is 31.0 Å². The number of ether oxygens (including phenoxy) is 2. The highest BCUT2D eigenvalue weighted by Crippen LogP contribution is 2.27. The highest BCUT2D eigenvalue weighted by atomic mass is 16.5. The van der Waals surface area contributed by atoms with E-state index in [0.29, 0.717) is 11.3 Å². The SMILES string of the molecule is COC(=O)c1ccc(-c2ccc(-n3cc(C#N)c(N)c3C(=O)OC)cc2)cc1. The van der Waals surface area contributed by atoms with E-state index in [1.54, 1.807) is 24.3 Å². The Bertz CT molecular complexity index is 1070. The Kier molecular flexibility index (Phi) is 5.14. The fraction of sp³-hybridized carbons (Fsp3) is 0.0952. The molecule has 0 radical (unpaired) electrons. The second kappa shape index (κ2) is 7.68. The lowest BCUT2D eigenvalue weighted by Gasteiger charge is -2.10. The monoisotopic (exact) mass is 375 g/mol. The minimum atomic E-state index is -0.624. The Morgan fingerprint density at radius 3 is 1.96 bits per heavy atom. The van der Waals surface area contributed by atoms with E-state index in [1.807, 2.05) is 30.3 Å². The number of rotatable bonds is 4. The highest BCUT2D eigenvalue weighted by molar-refractivity contribution is 5.96. The van der Waals surface area contributed by atoms with E-state index in [-0.39, 0.29) is 16.9 Å². The maximum absolute atomic E-state index is 12.1. The Labute approximate surface area is 161 Å². The van der Waals surface area contributed by atoms with E-state index < -0.39 is 11.9 Å². The maximum Gasteiger partial charge on any atom is 0.357 e. The van der Waals surface area contributed by atoms with Crippen molar-refractivity contribution < 1.29 is 19.1 Å². The lowest BCUT2D eigenvalue weighted by atomic mass is 10.0. The van der Waals surface area contributed by atoms with Crippen LogP contribution in [0.4, 0.5) is 5.69 Å². The van der Waals surface area contributed by atoms with Crippen LogP contribution in [0.2, 0.25) is 0 Å². The average molecular weight is 375 g/mol. The number of methoxy groups -OCH3 is 2. The summed E-state index contributed by atoms with van der Waals surface area (Å²) in [6.45, 7) is 0. The predicted molar refractivity (Wildman–Crippen MR) is 103 cm³/mol. The lowest BCUT2D eigenvalue weighted by molar-refractivity contribution is 0.0587. The Balaban J connectivity index is 1.97. The van der Waals surface area contributed by atoms with Crippen molar-refractivity contribution in [1.82, 2.24) is 4.57 Å². The minimum absolute atomic E-state index is 0.0804. The molecular formula is C21H17N3O4. The number of nitrogens with two attached hydrogens (primary N) is 1. The molecule has 1 heterocycles. The molecule has 0 saturated heterocycles. The smallest absolute Gasteiger partial charge is 0.357 e. The largest absolute Gasteiger partial charge is 0.465 e. The molecule has 0 saturated carbocycles. The quantitative estimate of drug-likeness (QED) is 0.702. The third kappa shape index (κ3) is 3.31. The topological polar surface area (TPSA) is 107 Å². The number of aromatic nitrogens is 1. The molecule has 0 atom stereocenters. The van der Waals surface area contributed by atoms with Crippen molar-refractivity contribution in [2.45, 2.75) is 0 Å². The zero-order valence-electron chi connectivity index (χ0n) is 15.3. The normalized spacial score (nSPS) is 10.2. The van der Waals surface area contributed by atoms with Crippen molar-refractivity contribution in [2.24, 2.45) is 0 Å². The highest BCUT2D eigenvalue weighted by Gasteiger charge is 2.21. The molecule has 3 aromatic rings. The van der Waals surface area contributed by atoms with E-state index >= 15 is 0 Å². The van der Waals surface area contributed by atoms with Gasteiger partial charge in [0, 0.05) is 11.9 Å². The van der Waals surface area contributed by atoms with Gasteiger partial charge in [-0.2, -0.15) is 5.26 Å². The van der Waals surface area contributed by atoms with Gasteiger partial charge in [0.1, 0.15) is 6.07 Å². The van der Waals surface area contributed by atoms with Crippen molar-refractivity contribution in [2.75, 3.05) is 20.0 Å². The zero-order valence-corrected chi connectivity index (χ0v) is 15.3. The summed E-state index contributed by atoms with van der Waals surface area (Å²) in [5.74, 6) is -1.02. The second-order valence-corrected chi connectivity index (χ2v) is 5.89. The van der Waals surface area contributed by atoms with Gasteiger partial charge in [-0.25, -0.2) is 9.59 Å². The van der Waals surface area contributed by atoms with Crippen LogP contribution in [0.1, 0.15) is 26.4 Å². The van der Waals surface area contributed by atoms with Crippen LogP contribution in [0.5, 0.6) is 0 Å².